The van der Waals surface area contributed by atoms with Gasteiger partial charge in [-0.1, -0.05) is 19.4 Å². The maximum Gasteiger partial charge on any atom is 0.328 e. The average Bonchev–Trinajstić information content (AvgIpc) is 2.84. The van der Waals surface area contributed by atoms with Gasteiger partial charge < -0.3 is 5.11 Å². The van der Waals surface area contributed by atoms with E-state index in [9.17, 15) is 14.4 Å². The molecule has 5 nitrogen and oxygen atoms in total. The number of amides is 2. The molecule has 2 aliphatic rings. The van der Waals surface area contributed by atoms with Crippen molar-refractivity contribution >= 4 is 17.8 Å². The number of rotatable bonds is 4. The first-order chi connectivity index (χ1) is 8.54. The van der Waals surface area contributed by atoms with Crippen molar-refractivity contribution in [2.45, 2.75) is 26.2 Å². The fourth-order valence-corrected chi connectivity index (χ4v) is 2.97. The Morgan fingerprint density at radius 2 is 1.89 bits per heavy atom. The molecular formula is C13H17NO4. The first kappa shape index (κ1) is 12.8. The summed E-state index contributed by atoms with van der Waals surface area (Å²) >= 11 is 0. The van der Waals surface area contributed by atoms with Gasteiger partial charge in [0.15, 0.2) is 0 Å². The van der Waals surface area contributed by atoms with Crippen LogP contribution < -0.4 is 0 Å². The minimum absolute atomic E-state index is 0.0771. The van der Waals surface area contributed by atoms with Gasteiger partial charge in [0.25, 0.3) is 0 Å². The van der Waals surface area contributed by atoms with Crippen LogP contribution in [0, 0.1) is 17.8 Å². The number of nitrogens with zero attached hydrogens (tertiary/aromatic N) is 1. The predicted octanol–water partition coefficient (Wildman–Crippen LogP) is 1.05. The first-order valence-electron chi connectivity index (χ1n) is 6.29. The van der Waals surface area contributed by atoms with Crippen LogP contribution in [0.2, 0.25) is 0 Å². The van der Waals surface area contributed by atoms with Crippen molar-refractivity contribution in [1.29, 1.82) is 0 Å². The quantitative estimate of drug-likeness (QED) is 0.598. The fraction of sp³-hybridized carbons (Fsp3) is 0.615. The van der Waals surface area contributed by atoms with E-state index in [0.29, 0.717) is 5.92 Å². The molecule has 1 heterocycles. The Bertz CT molecular complexity index is 391. The average molecular weight is 251 g/mol. The van der Waals surface area contributed by atoms with Crippen LogP contribution in [0.1, 0.15) is 26.2 Å². The molecule has 1 saturated carbocycles. The Hall–Kier alpha value is -1.65. The molecule has 0 aromatic heterocycles. The Labute approximate surface area is 105 Å². The molecule has 1 N–H and O–H groups in total. The second-order valence-electron chi connectivity index (χ2n) is 4.99. The van der Waals surface area contributed by atoms with Crippen molar-refractivity contribution in [2.75, 3.05) is 6.54 Å². The molecule has 0 aromatic rings. The van der Waals surface area contributed by atoms with Gasteiger partial charge in [0.1, 0.15) is 0 Å². The van der Waals surface area contributed by atoms with E-state index in [4.69, 9.17) is 5.11 Å². The molecule has 1 saturated heterocycles. The molecular weight excluding hydrogens is 234 g/mol. The number of carbonyl (C=O) groups is 3. The number of carbonyl (C=O) groups excluding carboxylic acids is 2. The maximum absolute atomic E-state index is 12.1. The second-order valence-corrected chi connectivity index (χ2v) is 4.99. The van der Waals surface area contributed by atoms with Gasteiger partial charge in [-0.3, -0.25) is 14.5 Å². The van der Waals surface area contributed by atoms with Crippen LogP contribution >= 0.6 is 0 Å². The molecule has 2 atom stereocenters. The number of carboxylic acid groups (broad SMARTS) is 1. The van der Waals surface area contributed by atoms with E-state index in [1.165, 1.54) is 11.0 Å². The zero-order chi connectivity index (χ0) is 13.3. The molecule has 0 aromatic carbocycles. The lowest BCUT2D eigenvalue weighted by Crippen LogP contribution is -2.32. The summed E-state index contributed by atoms with van der Waals surface area (Å²) in [6.07, 6.45) is 4.90. The lowest BCUT2D eigenvalue weighted by molar-refractivity contribution is -0.140. The highest BCUT2D eigenvalue weighted by Gasteiger charge is 2.51. The highest BCUT2D eigenvalue weighted by atomic mass is 16.4. The van der Waals surface area contributed by atoms with Gasteiger partial charge in [-0.2, -0.15) is 0 Å². The first-order valence-corrected chi connectivity index (χ1v) is 6.29. The van der Waals surface area contributed by atoms with E-state index in [0.717, 1.165) is 25.3 Å². The number of hydrogen-bond acceptors (Lipinski definition) is 3. The van der Waals surface area contributed by atoms with Crippen molar-refractivity contribution in [2.24, 2.45) is 17.8 Å². The third-order valence-electron chi connectivity index (χ3n) is 3.95. The fourth-order valence-electron chi connectivity index (χ4n) is 2.97. The Balaban J connectivity index is 2.03. The normalized spacial score (nSPS) is 31.4. The lowest BCUT2D eigenvalue weighted by atomic mass is 10.00. The van der Waals surface area contributed by atoms with E-state index in [1.54, 1.807) is 0 Å². The predicted molar refractivity (Wildman–Crippen MR) is 63.5 cm³/mol. The minimum atomic E-state index is -1.07. The third-order valence-corrected chi connectivity index (χ3v) is 3.95. The van der Waals surface area contributed by atoms with Gasteiger partial charge in [0.05, 0.1) is 11.8 Å². The number of hydrogen-bond donors (Lipinski definition) is 1. The van der Waals surface area contributed by atoms with Gasteiger partial charge >= 0.3 is 5.97 Å². The van der Waals surface area contributed by atoms with E-state index in [2.05, 4.69) is 6.92 Å². The second kappa shape index (κ2) is 4.92. The topological polar surface area (TPSA) is 74.7 Å². The summed E-state index contributed by atoms with van der Waals surface area (Å²) in [6.45, 7) is 2.15. The molecule has 0 spiro atoms. The van der Waals surface area contributed by atoms with Crippen LogP contribution in [0.5, 0.6) is 0 Å². The smallest absolute Gasteiger partial charge is 0.328 e. The molecule has 1 aliphatic carbocycles. The highest BCUT2D eigenvalue weighted by Crippen LogP contribution is 2.44. The molecule has 5 heteroatoms. The number of fused-ring (bicyclic) bond motifs is 1. The zero-order valence-electron chi connectivity index (χ0n) is 10.3. The molecule has 18 heavy (non-hydrogen) atoms. The number of aliphatic carboxylic acids is 1. The molecule has 2 unspecified atom stereocenters. The Kier molecular flexibility index (Phi) is 3.50. The van der Waals surface area contributed by atoms with E-state index >= 15 is 0 Å². The molecule has 2 amide bonds. The van der Waals surface area contributed by atoms with Gasteiger partial charge in [-0.25, -0.2) is 4.79 Å². The molecule has 1 aliphatic heterocycles. The minimum Gasteiger partial charge on any atom is -0.478 e. The Morgan fingerprint density at radius 3 is 2.33 bits per heavy atom. The zero-order valence-corrected chi connectivity index (χ0v) is 10.3. The summed E-state index contributed by atoms with van der Waals surface area (Å²) in [5.41, 5.74) is 0. The molecule has 0 radical (unpaired) electrons. The summed E-state index contributed by atoms with van der Waals surface area (Å²) in [4.78, 5) is 35.7. The van der Waals surface area contributed by atoms with Crippen molar-refractivity contribution in [3.63, 3.8) is 0 Å². The molecule has 0 bridgehead atoms. The third kappa shape index (κ3) is 2.17. The van der Waals surface area contributed by atoms with Crippen LogP contribution in [0.4, 0.5) is 0 Å². The maximum atomic E-state index is 12.1. The van der Waals surface area contributed by atoms with Gasteiger partial charge in [0.2, 0.25) is 11.8 Å². The van der Waals surface area contributed by atoms with E-state index < -0.39 is 5.97 Å². The van der Waals surface area contributed by atoms with Crippen molar-refractivity contribution in [1.82, 2.24) is 4.90 Å². The van der Waals surface area contributed by atoms with Crippen LogP contribution in [-0.4, -0.2) is 34.3 Å². The summed E-state index contributed by atoms with van der Waals surface area (Å²) in [5.74, 6) is -1.18. The monoisotopic (exact) mass is 251 g/mol. The van der Waals surface area contributed by atoms with Crippen LogP contribution in [0.15, 0.2) is 12.2 Å². The SMILES string of the molecule is CCC1CC2C(=O)N(C/C=C/C(=O)O)C(=O)C2C1. The van der Waals surface area contributed by atoms with Crippen LogP contribution in [0.25, 0.3) is 0 Å². The molecule has 2 fully saturated rings. The standard InChI is InChI=1S/C13H17NO4/c1-2-8-6-9-10(7-8)13(18)14(12(9)17)5-3-4-11(15)16/h3-4,8-10H,2,5-7H2,1H3,(H,15,16)/b4-3+. The number of carboxylic acids is 1. The molecule has 2 rings (SSSR count). The van der Waals surface area contributed by atoms with E-state index in [1.807, 2.05) is 0 Å². The van der Waals surface area contributed by atoms with Crippen LogP contribution in [-0.2, 0) is 14.4 Å². The van der Waals surface area contributed by atoms with Crippen LogP contribution in [0.3, 0.4) is 0 Å². The summed E-state index contributed by atoms with van der Waals surface area (Å²) < 4.78 is 0. The van der Waals surface area contributed by atoms with Crippen molar-refractivity contribution in [3.8, 4) is 0 Å². The summed E-state index contributed by atoms with van der Waals surface area (Å²) in [5, 5.41) is 8.47. The summed E-state index contributed by atoms with van der Waals surface area (Å²) in [6, 6.07) is 0. The molecule has 98 valence electrons. The van der Waals surface area contributed by atoms with Gasteiger partial charge in [0, 0.05) is 12.6 Å². The highest BCUT2D eigenvalue weighted by molar-refractivity contribution is 6.05. The van der Waals surface area contributed by atoms with Crippen molar-refractivity contribution < 1.29 is 19.5 Å². The van der Waals surface area contributed by atoms with E-state index in [-0.39, 0.29) is 30.2 Å². The number of imide groups is 1. The Morgan fingerprint density at radius 1 is 1.33 bits per heavy atom. The largest absolute Gasteiger partial charge is 0.478 e. The van der Waals surface area contributed by atoms with Gasteiger partial charge in [-0.15, -0.1) is 0 Å². The lowest BCUT2D eigenvalue weighted by Gasteiger charge is -2.15. The summed E-state index contributed by atoms with van der Waals surface area (Å²) in [7, 11) is 0. The van der Waals surface area contributed by atoms with Gasteiger partial charge in [-0.05, 0) is 18.8 Å². The van der Waals surface area contributed by atoms with Crippen molar-refractivity contribution in [3.05, 3.63) is 12.2 Å². The number of likely N-dealkylation sites (tertiary alicyclic amines) is 1.